The summed E-state index contributed by atoms with van der Waals surface area (Å²) in [5.41, 5.74) is 1.11. The highest BCUT2D eigenvalue weighted by molar-refractivity contribution is 5.92. The van der Waals surface area contributed by atoms with Crippen molar-refractivity contribution in [1.29, 1.82) is 0 Å². The number of benzene rings is 1. The molecule has 7 nitrogen and oxygen atoms in total. The molecule has 1 aromatic heterocycles. The number of nitrogens with one attached hydrogen (secondary N) is 3. The Morgan fingerprint density at radius 2 is 2.04 bits per heavy atom. The van der Waals surface area contributed by atoms with Crippen LogP contribution in [0.1, 0.15) is 29.0 Å². The lowest BCUT2D eigenvalue weighted by Gasteiger charge is -2.23. The van der Waals surface area contributed by atoms with Crippen molar-refractivity contribution in [2.45, 2.75) is 25.5 Å². The lowest BCUT2D eigenvalue weighted by molar-refractivity contribution is 0.0924. The van der Waals surface area contributed by atoms with Crippen LogP contribution in [0.5, 0.6) is 11.5 Å². The van der Waals surface area contributed by atoms with Gasteiger partial charge in [-0.25, -0.2) is 0 Å². The van der Waals surface area contributed by atoms with Crippen LogP contribution < -0.4 is 20.1 Å². The quantitative estimate of drug-likeness (QED) is 0.747. The number of piperidine rings is 1. The Labute approximate surface area is 140 Å². The van der Waals surface area contributed by atoms with E-state index in [2.05, 4.69) is 20.8 Å². The number of para-hydroxylation sites is 2. The molecule has 1 saturated heterocycles. The monoisotopic (exact) mass is 330 g/mol. The van der Waals surface area contributed by atoms with Crippen molar-refractivity contribution in [2.24, 2.45) is 0 Å². The molecule has 1 amide bonds. The number of aromatic nitrogens is 2. The van der Waals surface area contributed by atoms with E-state index in [4.69, 9.17) is 9.47 Å². The smallest absolute Gasteiger partial charge is 0.271 e. The zero-order valence-electron chi connectivity index (χ0n) is 13.7. The van der Waals surface area contributed by atoms with Gasteiger partial charge in [-0.1, -0.05) is 12.1 Å². The molecule has 0 aliphatic carbocycles. The second-order valence-corrected chi connectivity index (χ2v) is 5.72. The van der Waals surface area contributed by atoms with Crippen molar-refractivity contribution < 1.29 is 14.3 Å². The van der Waals surface area contributed by atoms with Crippen molar-refractivity contribution >= 4 is 5.91 Å². The number of hydrogen-bond donors (Lipinski definition) is 3. The van der Waals surface area contributed by atoms with Crippen LogP contribution in [-0.2, 0) is 6.61 Å². The molecular weight excluding hydrogens is 308 g/mol. The predicted molar refractivity (Wildman–Crippen MR) is 89.3 cm³/mol. The molecule has 24 heavy (non-hydrogen) atoms. The second kappa shape index (κ2) is 7.83. The Kier molecular flexibility index (Phi) is 5.32. The molecule has 1 aliphatic heterocycles. The normalized spacial score (nSPS) is 15.0. The van der Waals surface area contributed by atoms with Crippen molar-refractivity contribution in [3.05, 3.63) is 41.7 Å². The number of hydrogen-bond acceptors (Lipinski definition) is 5. The number of aromatic amines is 1. The number of rotatable bonds is 6. The Bertz CT molecular complexity index is 680. The van der Waals surface area contributed by atoms with Crippen molar-refractivity contribution in [3.8, 4) is 11.5 Å². The molecule has 0 spiro atoms. The third-order valence-corrected chi connectivity index (χ3v) is 3.99. The van der Waals surface area contributed by atoms with Gasteiger partial charge in [0.05, 0.1) is 12.8 Å². The molecule has 3 rings (SSSR count). The fourth-order valence-electron chi connectivity index (χ4n) is 2.67. The van der Waals surface area contributed by atoms with Crippen LogP contribution in [0.2, 0.25) is 0 Å². The van der Waals surface area contributed by atoms with Crippen LogP contribution in [0.15, 0.2) is 30.3 Å². The first-order valence-electron chi connectivity index (χ1n) is 8.08. The van der Waals surface area contributed by atoms with E-state index in [1.54, 1.807) is 13.2 Å². The molecule has 0 bridgehead atoms. The van der Waals surface area contributed by atoms with Crippen molar-refractivity contribution in [3.63, 3.8) is 0 Å². The summed E-state index contributed by atoms with van der Waals surface area (Å²) in [6.07, 6.45) is 1.89. The van der Waals surface area contributed by atoms with Gasteiger partial charge in [0.15, 0.2) is 11.5 Å². The molecular formula is C17H22N4O3. The summed E-state index contributed by atoms with van der Waals surface area (Å²) in [5.74, 6) is 1.16. The second-order valence-electron chi connectivity index (χ2n) is 5.72. The fraction of sp³-hybridized carbons (Fsp3) is 0.412. The molecule has 1 aromatic carbocycles. The maximum absolute atomic E-state index is 12.2. The molecule has 3 N–H and O–H groups in total. The third-order valence-electron chi connectivity index (χ3n) is 3.99. The van der Waals surface area contributed by atoms with Gasteiger partial charge in [-0.2, -0.15) is 5.10 Å². The highest BCUT2D eigenvalue weighted by Gasteiger charge is 2.18. The number of methoxy groups -OCH3 is 1. The van der Waals surface area contributed by atoms with Gasteiger partial charge >= 0.3 is 0 Å². The van der Waals surface area contributed by atoms with Gasteiger partial charge in [-0.3, -0.25) is 9.89 Å². The van der Waals surface area contributed by atoms with Gasteiger partial charge in [-0.05, 0) is 44.1 Å². The van der Waals surface area contributed by atoms with Gasteiger partial charge in [0.1, 0.15) is 12.3 Å². The minimum absolute atomic E-state index is 0.151. The Balaban J connectivity index is 1.56. The molecule has 0 unspecified atom stereocenters. The largest absolute Gasteiger partial charge is 0.493 e. The first-order chi connectivity index (χ1) is 11.8. The zero-order chi connectivity index (χ0) is 16.8. The number of H-pyrrole nitrogens is 1. The van der Waals surface area contributed by atoms with Crippen molar-refractivity contribution in [2.75, 3.05) is 20.2 Å². The summed E-state index contributed by atoms with van der Waals surface area (Å²) in [6.45, 7) is 2.15. The summed E-state index contributed by atoms with van der Waals surface area (Å²) < 4.78 is 11.0. The molecule has 0 radical (unpaired) electrons. The maximum Gasteiger partial charge on any atom is 0.271 e. The highest BCUT2D eigenvalue weighted by Crippen LogP contribution is 2.26. The van der Waals surface area contributed by atoms with E-state index in [0.29, 0.717) is 17.2 Å². The van der Waals surface area contributed by atoms with Crippen LogP contribution in [0.25, 0.3) is 0 Å². The summed E-state index contributed by atoms with van der Waals surface area (Å²) in [6, 6.07) is 9.35. The Hall–Kier alpha value is -2.54. The standard InChI is InChI=1S/C17H22N4O3/c1-23-15-4-2-3-5-16(15)24-11-13-10-14(21-20-13)17(22)19-12-6-8-18-9-7-12/h2-5,10,12,18H,6-9,11H2,1H3,(H,19,22)(H,20,21). The first kappa shape index (κ1) is 16.3. The number of ether oxygens (including phenoxy) is 2. The summed E-state index contributed by atoms with van der Waals surface area (Å²) >= 11 is 0. The van der Waals surface area contributed by atoms with E-state index in [9.17, 15) is 4.79 Å². The molecule has 1 aliphatic rings. The van der Waals surface area contributed by atoms with Gasteiger partial charge in [-0.15, -0.1) is 0 Å². The van der Waals surface area contributed by atoms with E-state index in [1.807, 2.05) is 24.3 Å². The van der Waals surface area contributed by atoms with E-state index < -0.39 is 0 Å². The molecule has 0 atom stereocenters. The Morgan fingerprint density at radius 1 is 1.29 bits per heavy atom. The first-order valence-corrected chi connectivity index (χ1v) is 8.08. The summed E-state index contributed by atoms with van der Waals surface area (Å²) in [4.78, 5) is 12.2. The average Bonchev–Trinajstić information content (AvgIpc) is 3.10. The number of nitrogens with zero attached hydrogens (tertiary/aromatic N) is 1. The van der Waals surface area contributed by atoms with E-state index in [0.717, 1.165) is 31.6 Å². The number of carbonyl (C=O) groups excluding carboxylic acids is 1. The lowest BCUT2D eigenvalue weighted by Crippen LogP contribution is -2.42. The van der Waals surface area contributed by atoms with Crippen LogP contribution in [0.3, 0.4) is 0 Å². The van der Waals surface area contributed by atoms with Crippen LogP contribution in [0, 0.1) is 0 Å². The molecule has 2 heterocycles. The van der Waals surface area contributed by atoms with Gasteiger partial charge in [0.2, 0.25) is 0 Å². The molecule has 0 saturated carbocycles. The third kappa shape index (κ3) is 4.05. The van der Waals surface area contributed by atoms with Crippen LogP contribution in [0.4, 0.5) is 0 Å². The molecule has 1 fully saturated rings. The number of carbonyl (C=O) groups is 1. The summed E-state index contributed by atoms with van der Waals surface area (Å²) in [7, 11) is 1.60. The topological polar surface area (TPSA) is 88.3 Å². The molecule has 2 aromatic rings. The average molecular weight is 330 g/mol. The lowest BCUT2D eigenvalue weighted by atomic mass is 10.1. The van der Waals surface area contributed by atoms with E-state index >= 15 is 0 Å². The van der Waals surface area contributed by atoms with Crippen LogP contribution >= 0.6 is 0 Å². The SMILES string of the molecule is COc1ccccc1OCc1cc(C(=O)NC2CCNCC2)n[nH]1. The minimum atomic E-state index is -0.151. The van der Waals surface area contributed by atoms with Crippen molar-refractivity contribution in [1.82, 2.24) is 20.8 Å². The van der Waals surface area contributed by atoms with E-state index in [1.165, 1.54) is 0 Å². The minimum Gasteiger partial charge on any atom is -0.493 e. The molecule has 7 heteroatoms. The highest BCUT2D eigenvalue weighted by atomic mass is 16.5. The fourth-order valence-corrected chi connectivity index (χ4v) is 2.67. The van der Waals surface area contributed by atoms with E-state index in [-0.39, 0.29) is 18.6 Å². The predicted octanol–water partition coefficient (Wildman–Crippen LogP) is 1.48. The van der Waals surface area contributed by atoms with Crippen LogP contribution in [-0.4, -0.2) is 42.3 Å². The maximum atomic E-state index is 12.2. The molecule has 128 valence electrons. The zero-order valence-corrected chi connectivity index (χ0v) is 13.7. The summed E-state index contributed by atoms with van der Waals surface area (Å²) in [5, 5.41) is 13.2. The number of amides is 1. The van der Waals surface area contributed by atoms with Gasteiger partial charge in [0.25, 0.3) is 5.91 Å². The van der Waals surface area contributed by atoms with Gasteiger partial charge < -0.3 is 20.1 Å². The van der Waals surface area contributed by atoms with Gasteiger partial charge in [0, 0.05) is 6.04 Å². The Morgan fingerprint density at radius 3 is 2.79 bits per heavy atom.